The lowest BCUT2D eigenvalue weighted by Crippen LogP contribution is -2.23. The van der Waals surface area contributed by atoms with Gasteiger partial charge in [-0.05, 0) is 49.1 Å². The smallest absolute Gasteiger partial charge is 0.227 e. The Kier molecular flexibility index (Phi) is 5.89. The van der Waals surface area contributed by atoms with Crippen molar-refractivity contribution in [1.82, 2.24) is 9.97 Å². The second-order valence-electron chi connectivity index (χ2n) is 7.77. The third kappa shape index (κ3) is 4.24. The van der Waals surface area contributed by atoms with Crippen LogP contribution < -0.4 is 14.8 Å². The molecular weight excluding hydrogens is 390 g/mol. The van der Waals surface area contributed by atoms with Gasteiger partial charge in [0.25, 0.3) is 0 Å². The van der Waals surface area contributed by atoms with E-state index in [2.05, 4.69) is 29.4 Å². The predicted octanol–water partition coefficient (Wildman–Crippen LogP) is 5.02. The van der Waals surface area contributed by atoms with Crippen molar-refractivity contribution >= 4 is 17.4 Å². The molecular formula is C25H27N3O3. The number of carbonyl (C=O) groups excluding carboxylic acids is 1. The number of ketones is 1. The Labute approximate surface area is 182 Å². The second-order valence-corrected chi connectivity index (χ2v) is 7.77. The van der Waals surface area contributed by atoms with Crippen LogP contribution in [0.3, 0.4) is 0 Å². The largest absolute Gasteiger partial charge is 0.497 e. The molecule has 1 N–H and O–H groups in total. The average Bonchev–Trinajstić information content (AvgIpc) is 2.78. The molecule has 1 heterocycles. The Hall–Kier alpha value is -3.41. The molecule has 0 fully saturated rings. The Morgan fingerprint density at radius 1 is 1.03 bits per heavy atom. The van der Waals surface area contributed by atoms with Crippen LogP contribution in [-0.2, 0) is 12.8 Å². The van der Waals surface area contributed by atoms with Crippen LogP contribution in [0.25, 0.3) is 0 Å². The van der Waals surface area contributed by atoms with Crippen molar-refractivity contribution in [1.29, 1.82) is 0 Å². The fourth-order valence-corrected chi connectivity index (χ4v) is 4.16. The van der Waals surface area contributed by atoms with Gasteiger partial charge in [-0.3, -0.25) is 4.79 Å². The number of Topliss-reactive ketones (excluding diaryl/α,β-unsaturated/α-hetero) is 1. The summed E-state index contributed by atoms with van der Waals surface area (Å²) in [7, 11) is 3.26. The summed E-state index contributed by atoms with van der Waals surface area (Å²) < 4.78 is 10.9. The SMILES string of the molecule is CCc1ccc(Nc2nc(C)c3c(n2)C[C@H](c2ccc(OC)cc2OC)CC3=O)cc1. The van der Waals surface area contributed by atoms with Gasteiger partial charge in [0.05, 0.1) is 31.2 Å². The molecule has 0 amide bonds. The molecule has 1 atom stereocenters. The lowest BCUT2D eigenvalue weighted by molar-refractivity contribution is 0.0961. The first-order valence-corrected chi connectivity index (χ1v) is 10.5. The number of rotatable bonds is 6. The molecule has 0 radical (unpaired) electrons. The summed E-state index contributed by atoms with van der Waals surface area (Å²) in [5.74, 6) is 2.02. The molecule has 0 aliphatic heterocycles. The van der Waals surface area contributed by atoms with Gasteiger partial charge in [0.15, 0.2) is 5.78 Å². The molecule has 2 aromatic carbocycles. The Morgan fingerprint density at radius 2 is 1.81 bits per heavy atom. The minimum absolute atomic E-state index is 0.00755. The number of hydrogen-bond acceptors (Lipinski definition) is 6. The van der Waals surface area contributed by atoms with Gasteiger partial charge in [-0.1, -0.05) is 25.1 Å². The summed E-state index contributed by atoms with van der Waals surface area (Å²) in [6.07, 6.45) is 2.05. The van der Waals surface area contributed by atoms with Gasteiger partial charge >= 0.3 is 0 Å². The zero-order valence-electron chi connectivity index (χ0n) is 18.4. The number of ether oxygens (including phenoxy) is 2. The van der Waals surface area contributed by atoms with Crippen molar-refractivity contribution in [3.8, 4) is 11.5 Å². The molecule has 31 heavy (non-hydrogen) atoms. The van der Waals surface area contributed by atoms with Gasteiger partial charge in [-0.25, -0.2) is 9.97 Å². The van der Waals surface area contributed by atoms with Crippen LogP contribution in [0.1, 0.15) is 52.1 Å². The Balaban J connectivity index is 1.65. The number of nitrogens with one attached hydrogen (secondary N) is 1. The number of fused-ring (bicyclic) bond motifs is 1. The zero-order chi connectivity index (χ0) is 22.0. The van der Waals surface area contributed by atoms with E-state index in [0.29, 0.717) is 30.0 Å². The summed E-state index contributed by atoms with van der Waals surface area (Å²) in [5, 5.41) is 3.28. The Bertz CT molecular complexity index is 1110. The lowest BCUT2D eigenvalue weighted by Gasteiger charge is -2.26. The van der Waals surface area contributed by atoms with Crippen molar-refractivity contribution < 1.29 is 14.3 Å². The predicted molar refractivity (Wildman–Crippen MR) is 121 cm³/mol. The molecule has 1 aliphatic rings. The van der Waals surface area contributed by atoms with Crippen molar-refractivity contribution in [2.75, 3.05) is 19.5 Å². The van der Waals surface area contributed by atoms with Crippen molar-refractivity contribution in [2.24, 2.45) is 0 Å². The van der Waals surface area contributed by atoms with Crippen LogP contribution >= 0.6 is 0 Å². The molecule has 1 aliphatic carbocycles. The van der Waals surface area contributed by atoms with E-state index in [0.717, 1.165) is 34.9 Å². The normalized spacial score (nSPS) is 15.4. The number of carbonyl (C=O) groups is 1. The number of anilines is 2. The third-order valence-corrected chi connectivity index (χ3v) is 5.81. The van der Waals surface area contributed by atoms with E-state index >= 15 is 0 Å². The van der Waals surface area contributed by atoms with Crippen LogP contribution in [0.5, 0.6) is 11.5 Å². The van der Waals surface area contributed by atoms with Gasteiger partial charge in [0.1, 0.15) is 11.5 Å². The second kappa shape index (κ2) is 8.76. The van der Waals surface area contributed by atoms with Gasteiger partial charge in [-0.2, -0.15) is 0 Å². The summed E-state index contributed by atoms with van der Waals surface area (Å²) in [4.78, 5) is 22.3. The molecule has 0 saturated carbocycles. The fraction of sp³-hybridized carbons (Fsp3) is 0.320. The maximum Gasteiger partial charge on any atom is 0.227 e. The van der Waals surface area contributed by atoms with Gasteiger partial charge < -0.3 is 14.8 Å². The first-order valence-electron chi connectivity index (χ1n) is 10.5. The first kappa shape index (κ1) is 20.8. The monoisotopic (exact) mass is 417 g/mol. The number of benzene rings is 2. The Morgan fingerprint density at radius 3 is 2.48 bits per heavy atom. The van der Waals surface area contributed by atoms with E-state index in [1.807, 2.05) is 37.3 Å². The molecule has 0 unspecified atom stereocenters. The van der Waals surface area contributed by atoms with E-state index in [4.69, 9.17) is 14.5 Å². The van der Waals surface area contributed by atoms with Crippen molar-refractivity contribution in [3.05, 3.63) is 70.5 Å². The van der Waals surface area contributed by atoms with Crippen LogP contribution in [-0.4, -0.2) is 30.0 Å². The third-order valence-electron chi connectivity index (χ3n) is 5.81. The summed E-state index contributed by atoms with van der Waals surface area (Å²) >= 11 is 0. The lowest BCUT2D eigenvalue weighted by atomic mass is 9.81. The molecule has 1 aromatic heterocycles. The molecule has 6 nitrogen and oxygen atoms in total. The first-order chi connectivity index (χ1) is 15.0. The zero-order valence-corrected chi connectivity index (χ0v) is 18.4. The van der Waals surface area contributed by atoms with Crippen LogP contribution in [0, 0.1) is 6.92 Å². The van der Waals surface area contributed by atoms with Gasteiger partial charge in [0, 0.05) is 24.1 Å². The van der Waals surface area contributed by atoms with E-state index in [9.17, 15) is 4.79 Å². The number of methoxy groups -OCH3 is 2. The molecule has 3 aromatic rings. The van der Waals surface area contributed by atoms with Crippen LogP contribution in [0.4, 0.5) is 11.6 Å². The van der Waals surface area contributed by atoms with Crippen LogP contribution in [0.2, 0.25) is 0 Å². The summed E-state index contributed by atoms with van der Waals surface area (Å²) in [6, 6.07) is 13.9. The van der Waals surface area contributed by atoms with Gasteiger partial charge in [-0.15, -0.1) is 0 Å². The van der Waals surface area contributed by atoms with E-state index in [-0.39, 0.29) is 11.7 Å². The quantitative estimate of drug-likeness (QED) is 0.607. The van der Waals surface area contributed by atoms with Crippen molar-refractivity contribution in [2.45, 2.75) is 39.0 Å². The maximum absolute atomic E-state index is 13.0. The summed E-state index contributed by atoms with van der Waals surface area (Å²) in [5.41, 5.74) is 5.32. The van der Waals surface area contributed by atoms with Crippen molar-refractivity contribution in [3.63, 3.8) is 0 Å². The number of aryl methyl sites for hydroxylation is 2. The highest BCUT2D eigenvalue weighted by atomic mass is 16.5. The van der Waals surface area contributed by atoms with Gasteiger partial charge in [0.2, 0.25) is 5.95 Å². The highest BCUT2D eigenvalue weighted by Crippen LogP contribution is 2.39. The fourth-order valence-electron chi connectivity index (χ4n) is 4.16. The van der Waals surface area contributed by atoms with E-state index in [1.165, 1.54) is 5.56 Å². The maximum atomic E-state index is 13.0. The number of aromatic nitrogens is 2. The average molecular weight is 418 g/mol. The molecule has 4 rings (SSSR count). The molecule has 0 bridgehead atoms. The van der Waals surface area contributed by atoms with Crippen LogP contribution in [0.15, 0.2) is 42.5 Å². The summed E-state index contributed by atoms with van der Waals surface area (Å²) in [6.45, 7) is 4.00. The molecule has 6 heteroatoms. The topological polar surface area (TPSA) is 73.3 Å². The molecule has 0 spiro atoms. The molecule has 160 valence electrons. The van der Waals surface area contributed by atoms with E-state index < -0.39 is 0 Å². The highest BCUT2D eigenvalue weighted by Gasteiger charge is 2.31. The molecule has 0 saturated heterocycles. The van der Waals surface area contributed by atoms with E-state index in [1.54, 1.807) is 14.2 Å². The highest BCUT2D eigenvalue weighted by molar-refractivity contribution is 6.00. The standard InChI is InChI=1S/C25H27N3O3/c1-5-16-6-8-18(9-7-16)27-25-26-15(2)24-21(28-25)12-17(13-22(24)29)20-11-10-19(30-3)14-23(20)31-4/h6-11,14,17H,5,12-13H2,1-4H3,(H,26,27,28)/t17-/m0/s1. The minimum Gasteiger partial charge on any atom is -0.497 e. The number of hydrogen-bond donors (Lipinski definition) is 1. The minimum atomic E-state index is -0.00755. The number of nitrogens with zero attached hydrogens (tertiary/aromatic N) is 2.